The number of aromatic nitrogens is 3. The van der Waals surface area contributed by atoms with Crippen LogP contribution in [-0.2, 0) is 10.0 Å². The summed E-state index contributed by atoms with van der Waals surface area (Å²) in [6.07, 6.45) is 1.17. The van der Waals surface area contributed by atoms with Crippen LogP contribution in [0.15, 0.2) is 27.8 Å². The first kappa shape index (κ1) is 13.0. The van der Waals surface area contributed by atoms with Crippen molar-refractivity contribution >= 4 is 31.9 Å². The molecule has 0 aliphatic heterocycles. The summed E-state index contributed by atoms with van der Waals surface area (Å²) in [6, 6.07) is 2.34. The van der Waals surface area contributed by atoms with Gasteiger partial charge >= 0.3 is 0 Å². The summed E-state index contributed by atoms with van der Waals surface area (Å²) in [6.45, 7) is 1.50. The first-order valence-corrected chi connectivity index (χ1v) is 7.01. The van der Waals surface area contributed by atoms with Crippen LogP contribution >= 0.6 is 15.9 Å². The second-order valence-corrected chi connectivity index (χ2v) is 5.98. The molecule has 1 heterocycles. The normalized spacial score (nSPS) is 11.5. The third-order valence-corrected chi connectivity index (χ3v) is 4.24. The van der Waals surface area contributed by atoms with Crippen LogP contribution in [-0.4, -0.2) is 23.6 Å². The molecule has 0 unspecified atom stereocenters. The summed E-state index contributed by atoms with van der Waals surface area (Å²) in [7, 11) is -3.83. The average molecular weight is 335 g/mol. The molecule has 0 aliphatic rings. The van der Waals surface area contributed by atoms with E-state index < -0.39 is 15.8 Å². The quantitative estimate of drug-likeness (QED) is 0.896. The van der Waals surface area contributed by atoms with Crippen LogP contribution in [0, 0.1) is 12.7 Å². The highest BCUT2D eigenvalue weighted by Crippen LogP contribution is 2.24. The third kappa shape index (κ3) is 2.51. The van der Waals surface area contributed by atoms with Crippen molar-refractivity contribution in [3.8, 4) is 0 Å². The van der Waals surface area contributed by atoms with E-state index in [4.69, 9.17) is 0 Å². The highest BCUT2D eigenvalue weighted by atomic mass is 79.9. The zero-order chi connectivity index (χ0) is 13.3. The highest BCUT2D eigenvalue weighted by molar-refractivity contribution is 9.10. The highest BCUT2D eigenvalue weighted by Gasteiger charge is 2.20. The number of sulfonamides is 1. The number of aromatic amines is 1. The predicted molar refractivity (Wildman–Crippen MR) is 66.0 cm³/mol. The van der Waals surface area contributed by atoms with E-state index in [1.54, 1.807) is 0 Å². The maximum Gasteiger partial charge on any atom is 0.264 e. The Bertz CT molecular complexity index is 672. The lowest BCUT2D eigenvalue weighted by Crippen LogP contribution is -2.15. The molecule has 9 heteroatoms. The summed E-state index contributed by atoms with van der Waals surface area (Å²) in [5.74, 6) is -0.527. The van der Waals surface area contributed by atoms with Gasteiger partial charge in [-0.25, -0.2) is 22.6 Å². The Balaban J connectivity index is 2.44. The van der Waals surface area contributed by atoms with Crippen LogP contribution in [0.2, 0.25) is 0 Å². The van der Waals surface area contributed by atoms with Crippen LogP contribution in [0.5, 0.6) is 0 Å². The fourth-order valence-electron chi connectivity index (χ4n) is 1.35. The van der Waals surface area contributed by atoms with E-state index in [9.17, 15) is 12.8 Å². The number of aryl methyl sites for hydroxylation is 1. The van der Waals surface area contributed by atoms with Gasteiger partial charge in [-0.15, -0.1) is 0 Å². The van der Waals surface area contributed by atoms with E-state index in [0.29, 0.717) is 5.56 Å². The van der Waals surface area contributed by atoms with Crippen LogP contribution in [0.1, 0.15) is 5.56 Å². The van der Waals surface area contributed by atoms with Gasteiger partial charge in [-0.3, -0.25) is 0 Å². The fraction of sp³-hybridized carbons (Fsp3) is 0.111. The van der Waals surface area contributed by atoms with Crippen molar-refractivity contribution in [1.82, 2.24) is 15.2 Å². The van der Waals surface area contributed by atoms with Gasteiger partial charge in [-0.2, -0.15) is 10.1 Å². The predicted octanol–water partition coefficient (Wildman–Crippen LogP) is 1.82. The summed E-state index contributed by atoms with van der Waals surface area (Å²) in [4.78, 5) is 3.62. The Kier molecular flexibility index (Phi) is 3.35. The van der Waals surface area contributed by atoms with E-state index in [-0.39, 0.29) is 15.3 Å². The van der Waals surface area contributed by atoms with Crippen LogP contribution in [0.25, 0.3) is 0 Å². The minimum atomic E-state index is -3.83. The number of anilines is 1. The Labute approximate surface area is 111 Å². The molecule has 0 atom stereocenters. The van der Waals surface area contributed by atoms with E-state index in [1.165, 1.54) is 19.3 Å². The molecule has 6 nitrogen and oxygen atoms in total. The summed E-state index contributed by atoms with van der Waals surface area (Å²) in [5.41, 5.74) is 0.294. The molecule has 0 saturated heterocycles. The molecule has 0 spiro atoms. The molecule has 0 amide bonds. The van der Waals surface area contributed by atoms with Gasteiger partial charge in [0.1, 0.15) is 12.1 Å². The molecule has 2 aromatic rings. The van der Waals surface area contributed by atoms with Crippen molar-refractivity contribution in [2.45, 2.75) is 11.8 Å². The van der Waals surface area contributed by atoms with Gasteiger partial charge in [-0.05, 0) is 40.5 Å². The van der Waals surface area contributed by atoms with Gasteiger partial charge in [0.05, 0.1) is 9.37 Å². The summed E-state index contributed by atoms with van der Waals surface area (Å²) >= 11 is 2.95. The van der Waals surface area contributed by atoms with Crippen molar-refractivity contribution in [2.75, 3.05) is 4.72 Å². The van der Waals surface area contributed by atoms with Gasteiger partial charge in [-0.1, -0.05) is 0 Å². The van der Waals surface area contributed by atoms with Crippen molar-refractivity contribution in [1.29, 1.82) is 0 Å². The van der Waals surface area contributed by atoms with E-state index in [0.717, 1.165) is 6.07 Å². The minimum absolute atomic E-state index is 0.00477. The maximum absolute atomic E-state index is 13.2. The van der Waals surface area contributed by atoms with Crippen LogP contribution in [0.3, 0.4) is 0 Å². The minimum Gasteiger partial charge on any atom is -0.248 e. The van der Waals surface area contributed by atoms with Crippen LogP contribution < -0.4 is 4.72 Å². The molecule has 0 fully saturated rings. The smallest absolute Gasteiger partial charge is 0.248 e. The van der Waals surface area contributed by atoms with Gasteiger partial charge < -0.3 is 0 Å². The lowest BCUT2D eigenvalue weighted by molar-refractivity contribution is 0.597. The topological polar surface area (TPSA) is 87.7 Å². The Morgan fingerprint density at radius 3 is 2.78 bits per heavy atom. The molecular formula is C9H8BrFN4O2S. The van der Waals surface area contributed by atoms with Gasteiger partial charge in [0.2, 0.25) is 5.95 Å². The average Bonchev–Trinajstić information content (AvgIpc) is 2.75. The number of halogens is 2. The monoisotopic (exact) mass is 334 g/mol. The molecule has 0 bridgehead atoms. The summed E-state index contributed by atoms with van der Waals surface area (Å²) < 4.78 is 39.6. The first-order valence-electron chi connectivity index (χ1n) is 4.74. The number of nitrogens with zero attached hydrogens (tertiary/aromatic N) is 2. The van der Waals surface area contributed by atoms with Crippen molar-refractivity contribution < 1.29 is 12.8 Å². The standard InChI is InChI=1S/C9H8BrFN4O2S/c1-5-2-7(11)6(10)3-8(5)18(16,17)15-9-12-4-13-14-9/h2-4H,1H3,(H2,12,13,14,15). The molecule has 2 rings (SSSR count). The number of benzene rings is 1. The van der Waals surface area contributed by atoms with Gasteiger partial charge in [0.25, 0.3) is 10.0 Å². The lowest BCUT2D eigenvalue weighted by Gasteiger charge is -2.09. The molecule has 1 aromatic carbocycles. The number of hydrogen-bond donors (Lipinski definition) is 2. The molecule has 2 N–H and O–H groups in total. The van der Waals surface area contributed by atoms with Crippen LogP contribution in [0.4, 0.5) is 10.3 Å². The van der Waals surface area contributed by atoms with E-state index >= 15 is 0 Å². The third-order valence-electron chi connectivity index (χ3n) is 2.15. The van der Waals surface area contributed by atoms with Gasteiger partial charge in [0.15, 0.2) is 0 Å². The first-order chi connectivity index (χ1) is 8.40. The zero-order valence-electron chi connectivity index (χ0n) is 9.11. The van der Waals surface area contributed by atoms with E-state index in [2.05, 4.69) is 35.8 Å². The number of nitrogens with one attached hydrogen (secondary N) is 2. The van der Waals surface area contributed by atoms with Crippen molar-refractivity contribution in [3.05, 3.63) is 34.3 Å². The van der Waals surface area contributed by atoms with Crippen molar-refractivity contribution in [2.24, 2.45) is 0 Å². The zero-order valence-corrected chi connectivity index (χ0v) is 11.5. The molecule has 0 saturated carbocycles. The van der Waals surface area contributed by atoms with Crippen molar-refractivity contribution in [3.63, 3.8) is 0 Å². The molecular weight excluding hydrogens is 327 g/mol. The van der Waals surface area contributed by atoms with Gasteiger partial charge in [0, 0.05) is 0 Å². The number of hydrogen-bond acceptors (Lipinski definition) is 4. The SMILES string of the molecule is Cc1cc(F)c(Br)cc1S(=O)(=O)Nc1ncn[nH]1. The number of rotatable bonds is 3. The van der Waals surface area contributed by atoms with E-state index in [1.807, 2.05) is 0 Å². The molecule has 0 aliphatic carbocycles. The molecule has 0 radical (unpaired) electrons. The lowest BCUT2D eigenvalue weighted by atomic mass is 10.2. The molecule has 96 valence electrons. The Morgan fingerprint density at radius 1 is 1.44 bits per heavy atom. The second kappa shape index (κ2) is 4.65. The number of H-pyrrole nitrogens is 1. The fourth-order valence-corrected chi connectivity index (χ4v) is 3.07. The summed E-state index contributed by atoms with van der Waals surface area (Å²) in [5, 5.41) is 5.89. The molecule has 1 aromatic heterocycles. The Morgan fingerprint density at radius 2 is 2.17 bits per heavy atom. The second-order valence-electron chi connectivity index (χ2n) is 3.47. The molecule has 18 heavy (non-hydrogen) atoms. The largest absolute Gasteiger partial charge is 0.264 e. The maximum atomic E-state index is 13.2. The Hall–Kier alpha value is -1.48.